The summed E-state index contributed by atoms with van der Waals surface area (Å²) in [7, 11) is 3.29. The second-order valence-corrected chi connectivity index (χ2v) is 8.20. The molecule has 2 N–H and O–H groups in total. The Kier molecular flexibility index (Phi) is 6.71. The first-order chi connectivity index (χ1) is 14.7. The number of rotatable bonds is 6. The summed E-state index contributed by atoms with van der Waals surface area (Å²) in [4.78, 5) is 30.9. The van der Waals surface area contributed by atoms with E-state index in [2.05, 4.69) is 17.4 Å². The van der Waals surface area contributed by atoms with E-state index in [1.165, 1.54) is 12.7 Å². The van der Waals surface area contributed by atoms with E-state index < -0.39 is 5.97 Å². The minimum atomic E-state index is -0.408. The van der Waals surface area contributed by atoms with Crippen LogP contribution in [0.15, 0.2) is 36.4 Å². The minimum absolute atomic E-state index is 0.0790. The number of hydrogen-bond donors (Lipinski definition) is 2. The number of carbonyl (C=O) groups is 2. The molecule has 3 aromatic rings. The number of nitrogens with zero attached hydrogens (tertiary/aromatic N) is 1. The van der Waals surface area contributed by atoms with Crippen molar-refractivity contribution in [3.63, 3.8) is 0 Å². The maximum atomic E-state index is 12.7. The Morgan fingerprint density at radius 3 is 2.35 bits per heavy atom. The predicted octanol–water partition coefficient (Wildman–Crippen LogP) is 2.91. The Morgan fingerprint density at radius 2 is 1.71 bits per heavy atom. The Labute approximate surface area is 183 Å². The fraction of sp³-hybridized carbons (Fsp3) is 0.320. The number of quaternary nitrogens is 1. The van der Waals surface area contributed by atoms with Gasteiger partial charge in [0, 0.05) is 11.1 Å². The van der Waals surface area contributed by atoms with Crippen molar-refractivity contribution in [2.75, 3.05) is 26.0 Å². The third-order valence-corrected chi connectivity index (χ3v) is 5.49. The van der Waals surface area contributed by atoms with E-state index in [1.807, 2.05) is 59.0 Å². The van der Waals surface area contributed by atoms with Crippen LogP contribution in [0.5, 0.6) is 0 Å². The van der Waals surface area contributed by atoms with E-state index in [9.17, 15) is 9.59 Å². The molecular weight excluding hydrogens is 390 g/mol. The Balaban J connectivity index is 1.82. The maximum Gasteiger partial charge on any atom is 0.340 e. The Hall–Kier alpha value is -3.25. The van der Waals surface area contributed by atoms with Crippen molar-refractivity contribution >= 4 is 28.5 Å². The molecule has 0 aliphatic carbocycles. The number of benzene rings is 2. The highest BCUT2D eigenvalue weighted by molar-refractivity contribution is 5.98. The molecule has 2 aromatic carbocycles. The van der Waals surface area contributed by atoms with Gasteiger partial charge in [-0.2, -0.15) is 0 Å². The molecule has 0 fully saturated rings. The van der Waals surface area contributed by atoms with Crippen molar-refractivity contribution in [3.05, 3.63) is 69.9 Å². The second kappa shape index (κ2) is 9.27. The molecule has 6 nitrogen and oxygen atoms in total. The summed E-state index contributed by atoms with van der Waals surface area (Å²) in [5.74, 6) is -0.487. The Bertz CT molecular complexity index is 1130. The largest absolute Gasteiger partial charge is 0.465 e. The van der Waals surface area contributed by atoms with Gasteiger partial charge in [-0.05, 0) is 50.5 Å². The van der Waals surface area contributed by atoms with Crippen molar-refractivity contribution in [2.24, 2.45) is 0 Å². The highest BCUT2D eigenvalue weighted by Crippen LogP contribution is 2.24. The van der Waals surface area contributed by atoms with Gasteiger partial charge in [-0.1, -0.05) is 35.9 Å². The average Bonchev–Trinajstić information content (AvgIpc) is 2.70. The number of methoxy groups -OCH3 is 1. The van der Waals surface area contributed by atoms with Gasteiger partial charge in [-0.25, -0.2) is 9.78 Å². The standard InChI is InChI=1S/C25H29N3O3/c1-15-11-16(2)24(17(3)12-15)27-22(29)14-28(5)13-21-23(25(30)31-6)18(4)19-9-7-8-10-20(19)26-21/h7-12H,13-14H2,1-6H3,(H,27,29)/p+1. The van der Waals surface area contributed by atoms with Crippen LogP contribution in [-0.4, -0.2) is 37.6 Å². The third kappa shape index (κ3) is 4.91. The van der Waals surface area contributed by atoms with Gasteiger partial charge in [-0.3, -0.25) is 4.79 Å². The normalized spacial score (nSPS) is 11.9. The zero-order valence-electron chi connectivity index (χ0n) is 19.1. The fourth-order valence-corrected chi connectivity index (χ4v) is 4.12. The van der Waals surface area contributed by atoms with Gasteiger partial charge >= 0.3 is 5.97 Å². The number of esters is 1. The summed E-state index contributed by atoms with van der Waals surface area (Å²) < 4.78 is 5.02. The minimum Gasteiger partial charge on any atom is -0.465 e. The summed E-state index contributed by atoms with van der Waals surface area (Å²) in [5.41, 5.74) is 6.90. The van der Waals surface area contributed by atoms with Crippen molar-refractivity contribution in [1.82, 2.24) is 4.98 Å². The number of ether oxygens (including phenoxy) is 1. The summed E-state index contributed by atoms with van der Waals surface area (Å²) in [6.07, 6.45) is 0. The van der Waals surface area contributed by atoms with Gasteiger partial charge in [0.15, 0.2) is 6.54 Å². The summed E-state index contributed by atoms with van der Waals surface area (Å²) in [5, 5.41) is 3.96. The molecule has 0 bridgehead atoms. The van der Waals surface area contributed by atoms with E-state index >= 15 is 0 Å². The zero-order valence-corrected chi connectivity index (χ0v) is 19.1. The average molecular weight is 421 g/mol. The highest BCUT2D eigenvalue weighted by Gasteiger charge is 2.23. The summed E-state index contributed by atoms with van der Waals surface area (Å²) in [6, 6.07) is 11.8. The van der Waals surface area contributed by atoms with Crippen LogP contribution in [0, 0.1) is 27.7 Å². The van der Waals surface area contributed by atoms with E-state index in [-0.39, 0.29) is 12.5 Å². The van der Waals surface area contributed by atoms with E-state index in [4.69, 9.17) is 9.72 Å². The van der Waals surface area contributed by atoms with E-state index in [0.29, 0.717) is 17.8 Å². The number of fused-ring (bicyclic) bond motifs is 1. The molecule has 162 valence electrons. The molecule has 0 spiro atoms. The molecular formula is C25H30N3O3+. The smallest absolute Gasteiger partial charge is 0.340 e. The van der Waals surface area contributed by atoms with Crippen molar-refractivity contribution in [1.29, 1.82) is 0 Å². The van der Waals surface area contributed by atoms with Gasteiger partial charge in [0.25, 0.3) is 5.91 Å². The molecule has 1 aromatic heterocycles. The molecule has 1 atom stereocenters. The quantitative estimate of drug-likeness (QED) is 0.602. The monoisotopic (exact) mass is 420 g/mol. The molecule has 0 aliphatic rings. The van der Waals surface area contributed by atoms with Crippen LogP contribution in [0.3, 0.4) is 0 Å². The lowest BCUT2D eigenvalue weighted by Crippen LogP contribution is -3.08. The molecule has 0 saturated heterocycles. The van der Waals surface area contributed by atoms with Crippen molar-refractivity contribution in [3.8, 4) is 0 Å². The first kappa shape index (κ1) is 22.4. The lowest BCUT2D eigenvalue weighted by molar-refractivity contribution is -0.885. The third-order valence-electron chi connectivity index (χ3n) is 5.49. The first-order valence-electron chi connectivity index (χ1n) is 10.4. The number of carbonyl (C=O) groups excluding carboxylic acids is 2. The fourth-order valence-electron chi connectivity index (χ4n) is 4.12. The highest BCUT2D eigenvalue weighted by atomic mass is 16.5. The van der Waals surface area contributed by atoms with Crippen LogP contribution < -0.4 is 10.2 Å². The van der Waals surface area contributed by atoms with Gasteiger partial charge in [-0.15, -0.1) is 0 Å². The topological polar surface area (TPSA) is 72.7 Å². The van der Waals surface area contributed by atoms with Gasteiger partial charge < -0.3 is 15.0 Å². The molecule has 31 heavy (non-hydrogen) atoms. The van der Waals surface area contributed by atoms with Crippen molar-refractivity contribution in [2.45, 2.75) is 34.2 Å². The number of aromatic nitrogens is 1. The summed E-state index contributed by atoms with van der Waals surface area (Å²) >= 11 is 0. The zero-order chi connectivity index (χ0) is 22.7. The lowest BCUT2D eigenvalue weighted by atomic mass is 10.0. The van der Waals surface area contributed by atoms with Crippen LogP contribution in [0.25, 0.3) is 10.9 Å². The van der Waals surface area contributed by atoms with Crippen LogP contribution in [0.1, 0.15) is 38.3 Å². The van der Waals surface area contributed by atoms with Gasteiger partial charge in [0.05, 0.1) is 25.2 Å². The molecule has 1 amide bonds. The number of nitrogens with one attached hydrogen (secondary N) is 2. The predicted molar refractivity (Wildman–Crippen MR) is 123 cm³/mol. The number of pyridine rings is 1. The molecule has 0 radical (unpaired) electrons. The van der Waals surface area contributed by atoms with Crippen LogP contribution in [0.2, 0.25) is 0 Å². The molecule has 0 saturated carbocycles. The number of anilines is 1. The molecule has 0 aliphatic heterocycles. The number of para-hydroxylation sites is 1. The lowest BCUT2D eigenvalue weighted by Gasteiger charge is -2.18. The van der Waals surface area contributed by atoms with Gasteiger partial charge in [0.1, 0.15) is 12.2 Å². The van der Waals surface area contributed by atoms with E-state index in [1.54, 1.807) is 0 Å². The number of amides is 1. The molecule has 1 unspecified atom stereocenters. The van der Waals surface area contributed by atoms with Crippen LogP contribution in [-0.2, 0) is 16.1 Å². The first-order valence-corrected chi connectivity index (χ1v) is 10.4. The van der Waals surface area contributed by atoms with Crippen LogP contribution in [0.4, 0.5) is 5.69 Å². The summed E-state index contributed by atoms with van der Waals surface area (Å²) in [6.45, 7) is 8.62. The SMILES string of the molecule is COC(=O)c1c(C[NH+](C)CC(=O)Nc2c(C)cc(C)cc2C)nc2ccccc2c1C. The number of likely N-dealkylation sites (N-methyl/N-ethyl adjacent to an activating group) is 1. The number of aryl methyl sites for hydroxylation is 4. The van der Waals surface area contributed by atoms with E-state index in [0.717, 1.165) is 38.2 Å². The Morgan fingerprint density at radius 1 is 1.06 bits per heavy atom. The van der Waals surface area contributed by atoms with Crippen molar-refractivity contribution < 1.29 is 19.2 Å². The van der Waals surface area contributed by atoms with Crippen LogP contribution >= 0.6 is 0 Å². The molecule has 3 rings (SSSR count). The molecule has 1 heterocycles. The second-order valence-electron chi connectivity index (χ2n) is 8.20. The molecule has 6 heteroatoms. The number of hydrogen-bond acceptors (Lipinski definition) is 4. The van der Waals surface area contributed by atoms with Gasteiger partial charge in [0.2, 0.25) is 0 Å². The maximum absolute atomic E-state index is 12.7.